The second-order valence-electron chi connectivity index (χ2n) is 5.32. The predicted octanol–water partition coefficient (Wildman–Crippen LogP) is 1.36. The average Bonchev–Trinajstić information content (AvgIpc) is 3.02. The fourth-order valence-electron chi connectivity index (χ4n) is 2.58. The van der Waals surface area contributed by atoms with E-state index in [1.54, 1.807) is 18.2 Å². The summed E-state index contributed by atoms with van der Waals surface area (Å²) >= 11 is 5.96. The minimum atomic E-state index is -0.262. The number of halogens is 1. The molecule has 0 radical (unpaired) electrons. The molecule has 0 aliphatic carbocycles. The highest BCUT2D eigenvalue weighted by molar-refractivity contribution is 6.31. The van der Waals surface area contributed by atoms with Gasteiger partial charge in [0.05, 0.1) is 11.8 Å². The van der Waals surface area contributed by atoms with Crippen LogP contribution in [0.2, 0.25) is 5.02 Å². The van der Waals surface area contributed by atoms with Gasteiger partial charge in [0.2, 0.25) is 5.91 Å². The third kappa shape index (κ3) is 3.34. The van der Waals surface area contributed by atoms with Crippen molar-refractivity contribution < 1.29 is 19.1 Å². The Bertz CT molecular complexity index is 587. The van der Waals surface area contributed by atoms with Crippen molar-refractivity contribution in [2.75, 3.05) is 31.2 Å². The number of carbonyl (C=O) groups is 2. The first-order chi connectivity index (χ1) is 10.6. The fraction of sp³-hybridized carbons (Fsp3) is 0.467. The molecule has 0 spiro atoms. The van der Waals surface area contributed by atoms with Crippen LogP contribution in [0.1, 0.15) is 12.8 Å². The third-order valence-electron chi connectivity index (χ3n) is 3.72. The zero-order valence-corrected chi connectivity index (χ0v) is 12.8. The Morgan fingerprint density at radius 3 is 3.09 bits per heavy atom. The van der Waals surface area contributed by atoms with Crippen LogP contribution in [0.25, 0.3) is 0 Å². The number of nitrogens with one attached hydrogen (secondary N) is 1. The van der Waals surface area contributed by atoms with Crippen LogP contribution in [0.5, 0.6) is 5.75 Å². The minimum Gasteiger partial charge on any atom is -0.482 e. The lowest BCUT2D eigenvalue weighted by molar-refractivity contribution is -0.125. The highest BCUT2D eigenvalue weighted by atomic mass is 35.5. The van der Waals surface area contributed by atoms with Crippen LogP contribution in [-0.4, -0.2) is 44.2 Å². The number of amides is 2. The molecule has 3 rings (SSSR count). The normalized spacial score (nSPS) is 20.5. The predicted molar refractivity (Wildman–Crippen MR) is 81.3 cm³/mol. The highest BCUT2D eigenvalue weighted by Gasteiger charge is 2.28. The van der Waals surface area contributed by atoms with Gasteiger partial charge in [0.25, 0.3) is 5.91 Å². The number of anilines is 1. The summed E-state index contributed by atoms with van der Waals surface area (Å²) < 4.78 is 10.8. The van der Waals surface area contributed by atoms with Gasteiger partial charge < -0.3 is 14.8 Å². The number of nitrogens with zero attached hydrogens (tertiary/aromatic N) is 1. The van der Waals surface area contributed by atoms with Gasteiger partial charge in [-0.25, -0.2) is 0 Å². The van der Waals surface area contributed by atoms with Crippen LogP contribution in [0.4, 0.5) is 5.69 Å². The summed E-state index contributed by atoms with van der Waals surface area (Å²) in [5, 5.41) is 3.29. The van der Waals surface area contributed by atoms with E-state index >= 15 is 0 Å². The van der Waals surface area contributed by atoms with Crippen molar-refractivity contribution in [2.45, 2.75) is 18.9 Å². The number of benzene rings is 1. The second-order valence-corrected chi connectivity index (χ2v) is 5.76. The summed E-state index contributed by atoms with van der Waals surface area (Å²) in [5.74, 6) is 0.0645. The molecule has 0 bridgehead atoms. The number of fused-ring (bicyclic) bond motifs is 1. The van der Waals surface area contributed by atoms with Crippen LogP contribution in [0, 0.1) is 0 Å². The third-order valence-corrected chi connectivity index (χ3v) is 3.95. The fourth-order valence-corrected chi connectivity index (χ4v) is 2.75. The lowest BCUT2D eigenvalue weighted by Gasteiger charge is -2.29. The molecule has 1 aromatic rings. The number of hydrogen-bond acceptors (Lipinski definition) is 4. The van der Waals surface area contributed by atoms with E-state index < -0.39 is 0 Å². The smallest absolute Gasteiger partial charge is 0.265 e. The molecule has 1 aromatic carbocycles. The Morgan fingerprint density at radius 2 is 2.32 bits per heavy atom. The van der Waals surface area contributed by atoms with Gasteiger partial charge in [-0.1, -0.05) is 11.6 Å². The van der Waals surface area contributed by atoms with Gasteiger partial charge in [-0.3, -0.25) is 14.5 Å². The topological polar surface area (TPSA) is 67.9 Å². The summed E-state index contributed by atoms with van der Waals surface area (Å²) in [7, 11) is 0. The molecular weight excluding hydrogens is 308 g/mol. The van der Waals surface area contributed by atoms with Crippen molar-refractivity contribution in [2.24, 2.45) is 0 Å². The largest absolute Gasteiger partial charge is 0.482 e. The van der Waals surface area contributed by atoms with Crippen LogP contribution in [-0.2, 0) is 14.3 Å². The molecule has 1 fully saturated rings. The first-order valence-electron chi connectivity index (χ1n) is 7.24. The van der Waals surface area contributed by atoms with Gasteiger partial charge in [0.15, 0.2) is 6.61 Å². The molecular formula is C15H17ClN2O4. The monoisotopic (exact) mass is 324 g/mol. The Hall–Kier alpha value is -1.79. The van der Waals surface area contributed by atoms with Crippen LogP contribution < -0.4 is 15.0 Å². The zero-order valence-electron chi connectivity index (χ0n) is 12.0. The van der Waals surface area contributed by atoms with E-state index in [1.807, 2.05) is 0 Å². The molecule has 2 amide bonds. The maximum atomic E-state index is 12.1. The van der Waals surface area contributed by atoms with Gasteiger partial charge in [0.1, 0.15) is 12.3 Å². The maximum Gasteiger partial charge on any atom is 0.265 e. The van der Waals surface area contributed by atoms with Crippen molar-refractivity contribution in [3.8, 4) is 5.75 Å². The average molecular weight is 325 g/mol. The molecule has 0 unspecified atom stereocenters. The summed E-state index contributed by atoms with van der Waals surface area (Å²) in [6.07, 6.45) is 2.05. The molecule has 0 aromatic heterocycles. The van der Waals surface area contributed by atoms with Crippen LogP contribution >= 0.6 is 11.6 Å². The summed E-state index contributed by atoms with van der Waals surface area (Å²) in [6.45, 7) is 1.09. The molecule has 2 heterocycles. The number of hydrogen-bond donors (Lipinski definition) is 1. The number of ether oxygens (including phenoxy) is 2. The summed E-state index contributed by atoms with van der Waals surface area (Å²) in [6, 6.07) is 5.01. The summed E-state index contributed by atoms with van der Waals surface area (Å²) in [5.41, 5.74) is 0.524. The van der Waals surface area contributed by atoms with Gasteiger partial charge in [-0.05, 0) is 31.0 Å². The first kappa shape index (κ1) is 15.1. The Kier molecular flexibility index (Phi) is 4.49. The van der Waals surface area contributed by atoms with E-state index in [4.69, 9.17) is 21.1 Å². The quantitative estimate of drug-likeness (QED) is 0.908. The van der Waals surface area contributed by atoms with Crippen molar-refractivity contribution >= 4 is 29.1 Å². The van der Waals surface area contributed by atoms with Gasteiger partial charge in [-0.15, -0.1) is 0 Å². The number of carbonyl (C=O) groups excluding carboxylic acids is 2. The van der Waals surface area contributed by atoms with E-state index in [0.717, 1.165) is 19.4 Å². The lowest BCUT2D eigenvalue weighted by atomic mass is 10.2. The lowest BCUT2D eigenvalue weighted by Crippen LogP contribution is -2.46. The Balaban J connectivity index is 1.64. The minimum absolute atomic E-state index is 0.0533. The second kappa shape index (κ2) is 6.54. The van der Waals surface area contributed by atoms with Crippen LogP contribution in [0.3, 0.4) is 0 Å². The van der Waals surface area contributed by atoms with Gasteiger partial charge in [-0.2, -0.15) is 0 Å². The van der Waals surface area contributed by atoms with Gasteiger partial charge in [0, 0.05) is 18.2 Å². The van der Waals surface area contributed by atoms with E-state index in [0.29, 0.717) is 23.0 Å². The van der Waals surface area contributed by atoms with Crippen molar-refractivity contribution in [3.05, 3.63) is 23.2 Å². The SMILES string of the molecule is O=C(CN1C(=O)COc2ccc(Cl)cc21)NC[C@@H]1CCCO1. The standard InChI is InChI=1S/C15H17ClN2O4/c16-10-3-4-13-12(6-10)18(15(20)9-22-13)8-14(19)17-7-11-2-1-5-21-11/h3-4,6,11H,1-2,5,7-9H2,(H,17,19)/t11-/m0/s1. The van der Waals surface area contributed by atoms with E-state index in [9.17, 15) is 9.59 Å². The number of rotatable bonds is 4. The Morgan fingerprint density at radius 1 is 1.45 bits per heavy atom. The van der Waals surface area contributed by atoms with E-state index in [2.05, 4.69) is 5.32 Å². The molecule has 2 aliphatic rings. The van der Waals surface area contributed by atoms with Crippen molar-refractivity contribution in [1.29, 1.82) is 0 Å². The van der Waals surface area contributed by atoms with Gasteiger partial charge >= 0.3 is 0 Å². The molecule has 6 nitrogen and oxygen atoms in total. The molecule has 1 atom stereocenters. The molecule has 0 saturated carbocycles. The Labute approximate surface area is 133 Å². The van der Waals surface area contributed by atoms with E-state index in [1.165, 1.54) is 4.90 Å². The molecule has 22 heavy (non-hydrogen) atoms. The molecule has 1 N–H and O–H groups in total. The highest BCUT2D eigenvalue weighted by Crippen LogP contribution is 2.34. The maximum absolute atomic E-state index is 12.1. The summed E-state index contributed by atoms with van der Waals surface area (Å²) in [4.78, 5) is 25.5. The van der Waals surface area contributed by atoms with Crippen LogP contribution in [0.15, 0.2) is 18.2 Å². The molecule has 118 valence electrons. The first-order valence-corrected chi connectivity index (χ1v) is 7.62. The molecule has 2 aliphatic heterocycles. The molecule has 7 heteroatoms. The van der Waals surface area contributed by atoms with Crippen molar-refractivity contribution in [1.82, 2.24) is 5.32 Å². The molecule has 1 saturated heterocycles. The zero-order chi connectivity index (χ0) is 15.5. The van der Waals surface area contributed by atoms with E-state index in [-0.39, 0.29) is 31.1 Å². The van der Waals surface area contributed by atoms with Crippen molar-refractivity contribution in [3.63, 3.8) is 0 Å².